The monoisotopic (exact) mass is 475 g/mol. The van der Waals surface area contributed by atoms with E-state index in [4.69, 9.17) is 9.31 Å². The van der Waals surface area contributed by atoms with Crippen LogP contribution in [0.5, 0.6) is 0 Å². The summed E-state index contributed by atoms with van der Waals surface area (Å²) >= 11 is 0. The number of nitrogens with zero attached hydrogens (tertiary/aromatic N) is 3. The SMILES string of the molecule is CN1CCN(C(=O)c2ccc(B3OC(C)(C)C(C)(C)O3)cc2N2CCCC2)C(c2ccccc2)C1. The lowest BCUT2D eigenvalue weighted by Crippen LogP contribution is -2.49. The summed E-state index contributed by atoms with van der Waals surface area (Å²) in [4.78, 5) is 20.9. The molecule has 3 aliphatic rings. The van der Waals surface area contributed by atoms with Crippen LogP contribution in [-0.2, 0) is 9.31 Å². The third-order valence-corrected chi connectivity index (χ3v) is 8.25. The Labute approximate surface area is 210 Å². The van der Waals surface area contributed by atoms with Crippen molar-refractivity contribution in [1.82, 2.24) is 9.80 Å². The van der Waals surface area contributed by atoms with Crippen LogP contribution in [0.3, 0.4) is 0 Å². The Balaban J connectivity index is 1.49. The van der Waals surface area contributed by atoms with Crippen molar-refractivity contribution >= 4 is 24.2 Å². The van der Waals surface area contributed by atoms with Crippen LogP contribution in [0, 0.1) is 0 Å². The molecular formula is C28H38BN3O3. The Kier molecular flexibility index (Phi) is 6.45. The van der Waals surface area contributed by atoms with E-state index < -0.39 is 18.3 Å². The molecule has 35 heavy (non-hydrogen) atoms. The lowest BCUT2D eigenvalue weighted by atomic mass is 9.78. The van der Waals surface area contributed by atoms with Crippen molar-refractivity contribution in [2.24, 2.45) is 0 Å². The zero-order valence-corrected chi connectivity index (χ0v) is 21.8. The van der Waals surface area contributed by atoms with Crippen molar-refractivity contribution in [1.29, 1.82) is 0 Å². The average Bonchev–Trinajstić information content (AvgIpc) is 3.45. The summed E-state index contributed by atoms with van der Waals surface area (Å²) in [6.45, 7) is 12.7. The Morgan fingerprint density at radius 1 is 0.914 bits per heavy atom. The maximum Gasteiger partial charge on any atom is 0.494 e. The fourth-order valence-corrected chi connectivity index (χ4v) is 5.35. The summed E-state index contributed by atoms with van der Waals surface area (Å²) in [5, 5.41) is 0. The minimum atomic E-state index is -0.439. The summed E-state index contributed by atoms with van der Waals surface area (Å²) in [5.41, 5.74) is 3.14. The van der Waals surface area contributed by atoms with Gasteiger partial charge in [-0.05, 0) is 70.7 Å². The lowest BCUT2D eigenvalue weighted by Gasteiger charge is -2.41. The van der Waals surface area contributed by atoms with Gasteiger partial charge in [0.1, 0.15) is 0 Å². The van der Waals surface area contributed by atoms with E-state index in [-0.39, 0.29) is 11.9 Å². The van der Waals surface area contributed by atoms with E-state index in [0.29, 0.717) is 6.54 Å². The highest BCUT2D eigenvalue weighted by atomic mass is 16.7. The number of carbonyl (C=O) groups is 1. The van der Waals surface area contributed by atoms with Gasteiger partial charge in [-0.15, -0.1) is 0 Å². The maximum absolute atomic E-state index is 14.1. The Morgan fingerprint density at radius 3 is 2.23 bits per heavy atom. The smallest absolute Gasteiger partial charge is 0.399 e. The molecule has 3 aliphatic heterocycles. The number of piperazine rings is 1. The summed E-state index contributed by atoms with van der Waals surface area (Å²) in [5.74, 6) is 0.106. The van der Waals surface area contributed by atoms with E-state index in [0.717, 1.165) is 55.7 Å². The third kappa shape index (κ3) is 4.62. The zero-order valence-electron chi connectivity index (χ0n) is 21.8. The maximum atomic E-state index is 14.1. The fourth-order valence-electron chi connectivity index (χ4n) is 5.35. The molecule has 0 radical (unpaired) electrons. The van der Waals surface area contributed by atoms with E-state index >= 15 is 0 Å². The number of hydrogen-bond acceptors (Lipinski definition) is 5. The van der Waals surface area contributed by atoms with E-state index in [1.165, 1.54) is 5.56 Å². The highest BCUT2D eigenvalue weighted by Crippen LogP contribution is 2.37. The van der Waals surface area contributed by atoms with Crippen molar-refractivity contribution < 1.29 is 14.1 Å². The zero-order chi connectivity index (χ0) is 24.8. The highest BCUT2D eigenvalue weighted by Gasteiger charge is 2.52. The van der Waals surface area contributed by atoms with Crippen molar-refractivity contribution in [3.63, 3.8) is 0 Å². The molecule has 186 valence electrons. The molecule has 3 fully saturated rings. The van der Waals surface area contributed by atoms with Crippen LogP contribution in [0.25, 0.3) is 0 Å². The minimum absolute atomic E-state index is 0.0386. The predicted octanol–water partition coefficient (Wildman–Crippen LogP) is 3.71. The number of amides is 1. The van der Waals surface area contributed by atoms with Crippen molar-refractivity contribution in [2.45, 2.75) is 57.8 Å². The van der Waals surface area contributed by atoms with E-state index in [1.54, 1.807) is 0 Å². The first-order valence-electron chi connectivity index (χ1n) is 13.0. The van der Waals surface area contributed by atoms with Gasteiger partial charge in [0.15, 0.2) is 0 Å². The third-order valence-electron chi connectivity index (χ3n) is 8.25. The normalized spacial score (nSPS) is 24.3. The van der Waals surface area contributed by atoms with Crippen LogP contribution >= 0.6 is 0 Å². The number of anilines is 1. The van der Waals surface area contributed by atoms with Gasteiger partial charge in [0.25, 0.3) is 5.91 Å². The summed E-state index contributed by atoms with van der Waals surface area (Å²) < 4.78 is 12.7. The molecule has 5 rings (SSSR count). The van der Waals surface area contributed by atoms with Crippen molar-refractivity contribution in [3.8, 4) is 0 Å². The Bertz CT molecular complexity index is 1050. The molecule has 6 nitrogen and oxygen atoms in total. The van der Waals surface area contributed by atoms with Gasteiger partial charge in [0.05, 0.1) is 22.8 Å². The van der Waals surface area contributed by atoms with Gasteiger partial charge >= 0.3 is 7.12 Å². The van der Waals surface area contributed by atoms with E-state index in [9.17, 15) is 4.79 Å². The quantitative estimate of drug-likeness (QED) is 0.631. The first-order valence-corrected chi connectivity index (χ1v) is 13.0. The molecule has 2 aromatic rings. The molecule has 3 heterocycles. The van der Waals surface area contributed by atoms with Crippen LogP contribution in [0.1, 0.15) is 62.5 Å². The van der Waals surface area contributed by atoms with E-state index in [1.807, 2.05) is 18.2 Å². The number of rotatable bonds is 4. The predicted molar refractivity (Wildman–Crippen MR) is 141 cm³/mol. The van der Waals surface area contributed by atoms with Crippen molar-refractivity contribution in [2.75, 3.05) is 44.7 Å². The molecule has 0 saturated carbocycles. The van der Waals surface area contributed by atoms with Gasteiger partial charge in [-0.3, -0.25) is 4.79 Å². The van der Waals surface area contributed by atoms with Gasteiger partial charge < -0.3 is 24.0 Å². The van der Waals surface area contributed by atoms with Crippen LogP contribution in [0.15, 0.2) is 48.5 Å². The summed E-state index contributed by atoms with van der Waals surface area (Å²) in [6.07, 6.45) is 2.30. The second kappa shape index (κ2) is 9.27. The lowest BCUT2D eigenvalue weighted by molar-refractivity contribution is 0.00578. The van der Waals surface area contributed by atoms with Gasteiger partial charge in [0.2, 0.25) is 0 Å². The molecule has 1 amide bonds. The number of hydrogen-bond donors (Lipinski definition) is 0. The highest BCUT2D eigenvalue weighted by molar-refractivity contribution is 6.62. The second-order valence-electron chi connectivity index (χ2n) is 11.2. The average molecular weight is 475 g/mol. The molecular weight excluding hydrogens is 437 g/mol. The minimum Gasteiger partial charge on any atom is -0.399 e. The number of benzene rings is 2. The van der Waals surface area contributed by atoms with E-state index in [2.05, 4.69) is 79.8 Å². The Morgan fingerprint density at radius 2 is 1.57 bits per heavy atom. The van der Waals surface area contributed by atoms with Gasteiger partial charge in [-0.25, -0.2) is 0 Å². The fraction of sp³-hybridized carbons (Fsp3) is 0.536. The largest absolute Gasteiger partial charge is 0.494 e. The molecule has 0 aliphatic carbocycles. The van der Waals surface area contributed by atoms with Crippen LogP contribution < -0.4 is 10.4 Å². The summed E-state index contributed by atoms with van der Waals surface area (Å²) in [6, 6.07) is 16.6. The van der Waals surface area contributed by atoms with Gasteiger partial charge in [0, 0.05) is 38.4 Å². The molecule has 1 atom stereocenters. The van der Waals surface area contributed by atoms with Gasteiger partial charge in [-0.2, -0.15) is 0 Å². The molecule has 7 heteroatoms. The van der Waals surface area contributed by atoms with Crippen LogP contribution in [-0.4, -0.2) is 73.8 Å². The molecule has 3 saturated heterocycles. The molecule has 0 aromatic heterocycles. The molecule has 0 N–H and O–H groups in total. The molecule has 2 aromatic carbocycles. The van der Waals surface area contributed by atoms with Crippen molar-refractivity contribution in [3.05, 3.63) is 59.7 Å². The standard InChI is InChI=1S/C28H38BN3O3/c1-27(2)28(3,4)35-29(34-27)22-13-14-23(24(19-22)31-15-9-10-16-31)26(33)32-18-17-30(5)20-25(32)21-11-7-6-8-12-21/h6-8,11-14,19,25H,9-10,15-18,20H2,1-5H3. The second-order valence-corrected chi connectivity index (χ2v) is 11.2. The summed E-state index contributed by atoms with van der Waals surface area (Å²) in [7, 11) is 1.69. The number of likely N-dealkylation sites (N-methyl/N-ethyl adjacent to an activating group) is 1. The topological polar surface area (TPSA) is 45.3 Å². The molecule has 1 unspecified atom stereocenters. The molecule has 0 bridgehead atoms. The number of carbonyl (C=O) groups excluding carboxylic acids is 1. The van der Waals surface area contributed by atoms with Gasteiger partial charge in [-0.1, -0.05) is 36.4 Å². The van der Waals surface area contributed by atoms with Crippen LogP contribution in [0.2, 0.25) is 0 Å². The van der Waals surface area contributed by atoms with Crippen LogP contribution in [0.4, 0.5) is 5.69 Å². The molecule has 0 spiro atoms. The first kappa shape index (κ1) is 24.4. The first-order chi connectivity index (χ1) is 16.7. The Hall–Kier alpha value is -2.35.